The number of methoxy groups -OCH3 is 1. The summed E-state index contributed by atoms with van der Waals surface area (Å²) in [6, 6.07) is 8.88. The molecular formula is C25H30N2O6. The molecule has 0 saturated carbocycles. The van der Waals surface area contributed by atoms with Crippen LogP contribution in [0.15, 0.2) is 52.1 Å². The average molecular weight is 455 g/mol. The van der Waals surface area contributed by atoms with E-state index >= 15 is 0 Å². The van der Waals surface area contributed by atoms with Crippen molar-refractivity contribution in [2.75, 3.05) is 33.3 Å². The van der Waals surface area contributed by atoms with Gasteiger partial charge in [-0.3, -0.25) is 9.59 Å². The summed E-state index contributed by atoms with van der Waals surface area (Å²) in [5.74, 6) is -1.58. The highest BCUT2D eigenvalue weighted by Crippen LogP contribution is 2.39. The van der Waals surface area contributed by atoms with E-state index in [2.05, 4.69) is 18.7 Å². The van der Waals surface area contributed by atoms with Gasteiger partial charge in [-0.1, -0.05) is 26.0 Å². The predicted octanol–water partition coefficient (Wildman–Crippen LogP) is 3.68. The number of esters is 1. The highest BCUT2D eigenvalue weighted by molar-refractivity contribution is 6.15. The largest absolute Gasteiger partial charge is 0.503 e. The number of benzene rings is 1. The predicted molar refractivity (Wildman–Crippen MR) is 122 cm³/mol. The van der Waals surface area contributed by atoms with Crippen molar-refractivity contribution in [3.05, 3.63) is 70.4 Å². The average Bonchev–Trinajstić information content (AvgIpc) is 3.37. The van der Waals surface area contributed by atoms with Crippen LogP contribution in [0.3, 0.4) is 0 Å². The number of hydrogen-bond donors (Lipinski definition) is 1. The highest BCUT2D eigenvalue weighted by Gasteiger charge is 2.44. The Morgan fingerprint density at radius 1 is 1.12 bits per heavy atom. The molecule has 0 bridgehead atoms. The molecule has 0 fully saturated rings. The Morgan fingerprint density at radius 3 is 2.33 bits per heavy atom. The lowest BCUT2D eigenvalue weighted by Crippen LogP contribution is -2.34. The summed E-state index contributed by atoms with van der Waals surface area (Å²) >= 11 is 0. The van der Waals surface area contributed by atoms with Crippen LogP contribution in [0.1, 0.15) is 58.5 Å². The molecule has 1 atom stereocenters. The van der Waals surface area contributed by atoms with Crippen LogP contribution in [-0.4, -0.2) is 65.9 Å². The van der Waals surface area contributed by atoms with Gasteiger partial charge in [-0.05, 0) is 62.8 Å². The van der Waals surface area contributed by atoms with Crippen molar-refractivity contribution in [1.29, 1.82) is 0 Å². The summed E-state index contributed by atoms with van der Waals surface area (Å²) in [7, 11) is 1.30. The molecule has 0 radical (unpaired) electrons. The second-order valence-electron chi connectivity index (χ2n) is 7.90. The van der Waals surface area contributed by atoms with Gasteiger partial charge in [-0.25, -0.2) is 4.79 Å². The number of hydrogen-bond acceptors (Lipinski definition) is 7. The van der Waals surface area contributed by atoms with Gasteiger partial charge >= 0.3 is 5.97 Å². The number of furan rings is 1. The minimum atomic E-state index is -0.793. The molecule has 0 aliphatic carbocycles. The van der Waals surface area contributed by atoms with Crippen molar-refractivity contribution >= 4 is 17.7 Å². The number of ether oxygens (including phenoxy) is 1. The van der Waals surface area contributed by atoms with Gasteiger partial charge in [0.1, 0.15) is 5.76 Å². The molecule has 0 saturated heterocycles. The van der Waals surface area contributed by atoms with E-state index in [0.29, 0.717) is 29.9 Å². The Bertz CT molecular complexity index is 1050. The van der Waals surface area contributed by atoms with Gasteiger partial charge < -0.3 is 24.1 Å². The first kappa shape index (κ1) is 24.3. The molecule has 0 spiro atoms. The Labute approximate surface area is 193 Å². The number of carbonyl (C=O) groups excluding carboxylic acids is 3. The summed E-state index contributed by atoms with van der Waals surface area (Å²) in [4.78, 5) is 41.9. The second kappa shape index (κ2) is 10.5. The van der Waals surface area contributed by atoms with Gasteiger partial charge in [0, 0.05) is 6.54 Å². The van der Waals surface area contributed by atoms with Crippen LogP contribution < -0.4 is 0 Å². The molecule has 0 unspecified atom stereocenters. The number of amides is 1. The van der Waals surface area contributed by atoms with Crippen LogP contribution in [0.2, 0.25) is 0 Å². The monoisotopic (exact) mass is 454 g/mol. The number of Topliss-reactive ketones (excluding diaryl/α,β-unsaturated/α-hetero) is 1. The normalized spacial score (nSPS) is 16.1. The zero-order chi connectivity index (χ0) is 24.1. The van der Waals surface area contributed by atoms with E-state index in [1.165, 1.54) is 18.1 Å². The van der Waals surface area contributed by atoms with Crippen molar-refractivity contribution in [3.8, 4) is 0 Å². The molecular weight excluding hydrogens is 424 g/mol. The summed E-state index contributed by atoms with van der Waals surface area (Å²) in [6.07, 6.45) is 0.679. The lowest BCUT2D eigenvalue weighted by atomic mass is 9.94. The molecule has 8 heteroatoms. The van der Waals surface area contributed by atoms with Gasteiger partial charge in [0.05, 0.1) is 24.3 Å². The van der Waals surface area contributed by atoms with E-state index in [9.17, 15) is 19.5 Å². The zero-order valence-electron chi connectivity index (χ0n) is 19.5. The molecule has 2 aromatic rings. The van der Waals surface area contributed by atoms with E-state index in [1.807, 2.05) is 0 Å². The summed E-state index contributed by atoms with van der Waals surface area (Å²) in [6.45, 7) is 8.80. The van der Waals surface area contributed by atoms with E-state index < -0.39 is 29.5 Å². The number of carbonyl (C=O) groups is 3. The maximum Gasteiger partial charge on any atom is 0.337 e. The molecule has 8 nitrogen and oxygen atoms in total. The van der Waals surface area contributed by atoms with E-state index in [4.69, 9.17) is 9.15 Å². The van der Waals surface area contributed by atoms with Gasteiger partial charge in [0.15, 0.2) is 11.5 Å². The number of rotatable bonds is 10. The van der Waals surface area contributed by atoms with Crippen molar-refractivity contribution < 1.29 is 28.6 Å². The van der Waals surface area contributed by atoms with Crippen molar-refractivity contribution in [2.24, 2.45) is 0 Å². The van der Waals surface area contributed by atoms with Crippen molar-refractivity contribution in [2.45, 2.75) is 33.2 Å². The van der Waals surface area contributed by atoms with E-state index in [0.717, 1.165) is 19.6 Å². The maximum atomic E-state index is 13.3. The van der Waals surface area contributed by atoms with Crippen LogP contribution in [0, 0.1) is 6.92 Å². The van der Waals surface area contributed by atoms with Crippen LogP contribution in [-0.2, 0) is 9.53 Å². The first-order chi connectivity index (χ1) is 15.8. The number of aryl methyl sites for hydroxylation is 1. The quantitative estimate of drug-likeness (QED) is 0.432. The Hall–Kier alpha value is -3.39. The highest BCUT2D eigenvalue weighted by atomic mass is 16.5. The number of aliphatic hydroxyl groups is 1. The first-order valence-electron chi connectivity index (χ1n) is 11.1. The van der Waals surface area contributed by atoms with Crippen LogP contribution >= 0.6 is 0 Å². The first-order valence-corrected chi connectivity index (χ1v) is 11.1. The molecule has 1 aliphatic rings. The third-order valence-electron chi connectivity index (χ3n) is 5.93. The number of nitrogens with zero attached hydrogens (tertiary/aromatic N) is 2. The topological polar surface area (TPSA) is 100 Å². The van der Waals surface area contributed by atoms with E-state index in [1.54, 1.807) is 37.3 Å². The molecule has 2 heterocycles. The lowest BCUT2D eigenvalue weighted by Gasteiger charge is -2.28. The second-order valence-corrected chi connectivity index (χ2v) is 7.90. The molecule has 1 aromatic carbocycles. The molecule has 33 heavy (non-hydrogen) atoms. The van der Waals surface area contributed by atoms with E-state index in [-0.39, 0.29) is 11.3 Å². The summed E-state index contributed by atoms with van der Waals surface area (Å²) in [5, 5.41) is 10.7. The van der Waals surface area contributed by atoms with Gasteiger partial charge in [-0.2, -0.15) is 0 Å². The minimum Gasteiger partial charge on any atom is -0.503 e. The van der Waals surface area contributed by atoms with Crippen LogP contribution in [0.5, 0.6) is 0 Å². The fourth-order valence-electron chi connectivity index (χ4n) is 4.08. The number of ketones is 1. The van der Waals surface area contributed by atoms with Crippen molar-refractivity contribution in [3.63, 3.8) is 0 Å². The number of aliphatic hydroxyl groups excluding tert-OH is 1. The van der Waals surface area contributed by atoms with Crippen LogP contribution in [0.4, 0.5) is 0 Å². The Balaban J connectivity index is 1.96. The Kier molecular flexibility index (Phi) is 7.71. The van der Waals surface area contributed by atoms with Gasteiger partial charge in [0.2, 0.25) is 5.78 Å². The molecule has 176 valence electrons. The fourth-order valence-corrected chi connectivity index (χ4v) is 4.08. The molecule has 3 rings (SSSR count). The smallest absolute Gasteiger partial charge is 0.337 e. The molecule has 1 aromatic heterocycles. The SMILES string of the molecule is CCN(CC)CCCN1C(=O)C(O)=C(C(=O)c2ccc(C)o2)[C@@H]1c1ccc(C(=O)OC)cc1. The molecule has 1 amide bonds. The lowest BCUT2D eigenvalue weighted by molar-refractivity contribution is -0.129. The zero-order valence-corrected chi connectivity index (χ0v) is 19.5. The maximum absolute atomic E-state index is 13.3. The fraction of sp³-hybridized carbons (Fsp3) is 0.400. The summed E-state index contributed by atoms with van der Waals surface area (Å²) in [5.41, 5.74) is 0.930. The molecule has 1 N–H and O–H groups in total. The van der Waals surface area contributed by atoms with Gasteiger partial charge in [-0.15, -0.1) is 0 Å². The minimum absolute atomic E-state index is 0.0250. The third kappa shape index (κ3) is 5.01. The van der Waals surface area contributed by atoms with Crippen molar-refractivity contribution in [1.82, 2.24) is 9.80 Å². The van der Waals surface area contributed by atoms with Gasteiger partial charge in [0.25, 0.3) is 5.91 Å². The van der Waals surface area contributed by atoms with Crippen LogP contribution in [0.25, 0.3) is 0 Å². The molecule has 1 aliphatic heterocycles. The Morgan fingerprint density at radius 2 is 1.79 bits per heavy atom. The third-order valence-corrected chi connectivity index (χ3v) is 5.93. The summed E-state index contributed by atoms with van der Waals surface area (Å²) < 4.78 is 10.2. The standard InChI is InChI=1S/C25H30N2O6/c1-5-26(6-2)14-7-15-27-21(17-9-11-18(12-10-17)25(31)32-4)20(23(29)24(27)30)22(28)19-13-8-16(3)33-19/h8-13,21,29H,5-7,14-15H2,1-4H3/t21-/m0/s1.